The van der Waals surface area contributed by atoms with Gasteiger partial charge in [-0.1, -0.05) is 36.4 Å². The second-order valence-corrected chi connectivity index (χ2v) is 2.70. The van der Waals surface area contributed by atoms with Crippen LogP contribution in [-0.4, -0.2) is 35.7 Å². The summed E-state index contributed by atoms with van der Waals surface area (Å²) in [7, 11) is 0. The van der Waals surface area contributed by atoms with Crippen LogP contribution in [0.2, 0.25) is 0 Å². The molecule has 0 heterocycles. The Labute approximate surface area is 100.0 Å². The molecule has 1 aromatic carbocycles. The minimum absolute atomic E-state index is 0. The van der Waals surface area contributed by atoms with E-state index in [4.69, 9.17) is 5.11 Å². The summed E-state index contributed by atoms with van der Waals surface area (Å²) in [4.78, 5) is 22.2. The summed E-state index contributed by atoms with van der Waals surface area (Å²) in [5.41, 5.74) is 0.194. The number of allylic oxidation sites excluding steroid dienone is 1. The molecular formula is C11H11LiO3. The first-order valence-electron chi connectivity index (χ1n) is 4.16. The van der Waals surface area contributed by atoms with E-state index in [1.54, 1.807) is 30.3 Å². The molecule has 0 spiro atoms. The number of hydrogen-bond donors (Lipinski definition) is 1. The SMILES string of the molecule is CC=C(C(=O)O)C(=O)c1ccccc1.[LiH]. The van der Waals surface area contributed by atoms with Crippen LogP contribution in [-0.2, 0) is 4.79 Å². The maximum absolute atomic E-state index is 11.6. The molecule has 1 N–H and O–H groups in total. The fourth-order valence-corrected chi connectivity index (χ4v) is 1.10. The third-order valence-corrected chi connectivity index (χ3v) is 1.80. The molecule has 0 unspecified atom stereocenters. The number of rotatable bonds is 3. The maximum atomic E-state index is 11.6. The van der Waals surface area contributed by atoms with E-state index in [2.05, 4.69) is 0 Å². The molecule has 0 radical (unpaired) electrons. The zero-order chi connectivity index (χ0) is 10.6. The van der Waals surface area contributed by atoms with E-state index in [0.717, 1.165) is 0 Å². The third kappa shape index (κ3) is 3.39. The van der Waals surface area contributed by atoms with Gasteiger partial charge < -0.3 is 5.11 Å². The monoisotopic (exact) mass is 198 g/mol. The Morgan fingerprint density at radius 1 is 1.20 bits per heavy atom. The molecule has 0 saturated heterocycles. The number of Topliss-reactive ketones (excluding diaryl/α,β-unsaturated/α-hetero) is 1. The number of aliphatic carboxylic acids is 1. The van der Waals surface area contributed by atoms with E-state index in [0.29, 0.717) is 5.56 Å². The molecule has 0 fully saturated rings. The Kier molecular flexibility index (Phi) is 5.69. The summed E-state index contributed by atoms with van der Waals surface area (Å²) < 4.78 is 0. The Bertz CT molecular complexity index is 382. The zero-order valence-electron chi connectivity index (χ0n) is 7.73. The Morgan fingerprint density at radius 2 is 1.73 bits per heavy atom. The van der Waals surface area contributed by atoms with Crippen LogP contribution in [0.5, 0.6) is 0 Å². The first-order chi connectivity index (χ1) is 6.66. The number of ketones is 1. The molecular weight excluding hydrogens is 187 g/mol. The molecule has 0 aromatic heterocycles. The summed E-state index contributed by atoms with van der Waals surface area (Å²) >= 11 is 0. The van der Waals surface area contributed by atoms with Gasteiger partial charge in [0, 0.05) is 5.56 Å². The molecule has 0 aliphatic rings. The Balaban J connectivity index is 0.00000196. The molecule has 1 aromatic rings. The predicted molar refractivity (Wildman–Crippen MR) is 59.3 cm³/mol. The third-order valence-electron chi connectivity index (χ3n) is 1.80. The summed E-state index contributed by atoms with van der Waals surface area (Å²) in [6, 6.07) is 8.35. The van der Waals surface area contributed by atoms with Gasteiger partial charge in [0.05, 0.1) is 0 Å². The van der Waals surface area contributed by atoms with Crippen LogP contribution in [0, 0.1) is 0 Å². The van der Waals surface area contributed by atoms with Gasteiger partial charge in [0.15, 0.2) is 5.78 Å². The number of carbonyl (C=O) groups excluding carboxylic acids is 1. The van der Waals surface area contributed by atoms with Crippen molar-refractivity contribution in [2.24, 2.45) is 0 Å². The molecule has 0 atom stereocenters. The van der Waals surface area contributed by atoms with E-state index in [1.807, 2.05) is 0 Å². The van der Waals surface area contributed by atoms with E-state index in [9.17, 15) is 9.59 Å². The van der Waals surface area contributed by atoms with Crippen molar-refractivity contribution in [2.75, 3.05) is 0 Å². The van der Waals surface area contributed by atoms with Crippen LogP contribution in [0.25, 0.3) is 0 Å². The first kappa shape index (κ1) is 13.7. The number of carbonyl (C=O) groups is 2. The summed E-state index contributed by atoms with van der Waals surface area (Å²) in [5.74, 6) is -1.65. The first-order valence-corrected chi connectivity index (χ1v) is 4.16. The van der Waals surface area contributed by atoms with Crippen molar-refractivity contribution in [1.82, 2.24) is 0 Å². The van der Waals surface area contributed by atoms with Crippen LogP contribution < -0.4 is 0 Å². The van der Waals surface area contributed by atoms with Crippen molar-refractivity contribution >= 4 is 30.6 Å². The molecule has 0 aliphatic carbocycles. The van der Waals surface area contributed by atoms with Gasteiger partial charge in [-0.15, -0.1) is 0 Å². The molecule has 0 bridgehead atoms. The van der Waals surface area contributed by atoms with E-state index in [-0.39, 0.29) is 24.4 Å². The number of carboxylic acids is 1. The molecule has 15 heavy (non-hydrogen) atoms. The van der Waals surface area contributed by atoms with Gasteiger partial charge in [-0.25, -0.2) is 4.79 Å². The molecule has 0 amide bonds. The molecule has 0 saturated carbocycles. The van der Waals surface area contributed by atoms with Crippen LogP contribution >= 0.6 is 0 Å². The molecule has 0 aliphatic heterocycles. The number of carboxylic acid groups (broad SMARTS) is 1. The average molecular weight is 198 g/mol. The predicted octanol–water partition coefficient (Wildman–Crippen LogP) is 1.25. The Hall–Kier alpha value is -1.30. The fraction of sp³-hybridized carbons (Fsp3) is 0.0909. The fourth-order valence-electron chi connectivity index (χ4n) is 1.10. The van der Waals surface area contributed by atoms with Crippen LogP contribution in [0.1, 0.15) is 17.3 Å². The normalized spacial score (nSPS) is 10.3. The number of hydrogen-bond acceptors (Lipinski definition) is 2. The zero-order valence-corrected chi connectivity index (χ0v) is 7.73. The van der Waals surface area contributed by atoms with Gasteiger partial charge in [0.25, 0.3) is 0 Å². The van der Waals surface area contributed by atoms with Crippen molar-refractivity contribution in [1.29, 1.82) is 0 Å². The average Bonchev–Trinajstić information content (AvgIpc) is 2.19. The van der Waals surface area contributed by atoms with Gasteiger partial charge >= 0.3 is 24.8 Å². The van der Waals surface area contributed by atoms with Gasteiger partial charge in [0.2, 0.25) is 0 Å². The van der Waals surface area contributed by atoms with Crippen LogP contribution in [0.15, 0.2) is 42.0 Å². The van der Waals surface area contributed by atoms with Crippen LogP contribution in [0.3, 0.4) is 0 Å². The van der Waals surface area contributed by atoms with Gasteiger partial charge in [-0.3, -0.25) is 4.79 Å². The standard InChI is InChI=1S/C11H10O3.Li.H/c1-2-9(11(13)14)10(12)8-6-4-3-5-7-8;;/h2-7H,1H3,(H,13,14);;. The van der Waals surface area contributed by atoms with Gasteiger partial charge in [-0.05, 0) is 6.92 Å². The molecule has 74 valence electrons. The number of benzene rings is 1. The van der Waals surface area contributed by atoms with Crippen molar-refractivity contribution < 1.29 is 14.7 Å². The van der Waals surface area contributed by atoms with E-state index >= 15 is 0 Å². The van der Waals surface area contributed by atoms with Crippen LogP contribution in [0.4, 0.5) is 0 Å². The second-order valence-electron chi connectivity index (χ2n) is 2.70. The van der Waals surface area contributed by atoms with E-state index in [1.165, 1.54) is 13.0 Å². The van der Waals surface area contributed by atoms with Gasteiger partial charge in [0.1, 0.15) is 5.57 Å². The molecule has 1 rings (SSSR count). The minimum atomic E-state index is -1.19. The second kappa shape index (κ2) is 6.23. The summed E-state index contributed by atoms with van der Waals surface area (Å²) in [6.45, 7) is 1.53. The van der Waals surface area contributed by atoms with Crippen molar-refractivity contribution in [3.63, 3.8) is 0 Å². The van der Waals surface area contributed by atoms with Crippen molar-refractivity contribution in [3.8, 4) is 0 Å². The van der Waals surface area contributed by atoms with Crippen molar-refractivity contribution in [3.05, 3.63) is 47.5 Å². The molecule has 3 nitrogen and oxygen atoms in total. The summed E-state index contributed by atoms with van der Waals surface area (Å²) in [5, 5.41) is 8.72. The summed E-state index contributed by atoms with van der Waals surface area (Å²) in [6.07, 6.45) is 1.30. The van der Waals surface area contributed by atoms with E-state index < -0.39 is 11.8 Å². The molecule has 4 heteroatoms. The quantitative estimate of drug-likeness (QED) is 0.261. The topological polar surface area (TPSA) is 54.4 Å². The van der Waals surface area contributed by atoms with Gasteiger partial charge in [-0.2, -0.15) is 0 Å². The Morgan fingerprint density at radius 3 is 2.13 bits per heavy atom. The van der Waals surface area contributed by atoms with Crippen molar-refractivity contribution in [2.45, 2.75) is 6.92 Å².